The molecule has 0 radical (unpaired) electrons. The minimum atomic E-state index is 0.346. The first-order valence-electron chi connectivity index (χ1n) is 6.68. The Bertz CT molecular complexity index is 115. The Morgan fingerprint density at radius 3 is 1.80 bits per heavy atom. The van der Waals surface area contributed by atoms with Crippen LogP contribution >= 0.6 is 12.6 Å². The van der Waals surface area contributed by atoms with Gasteiger partial charge in [0.25, 0.3) is 0 Å². The van der Waals surface area contributed by atoms with Gasteiger partial charge in [0.05, 0.1) is 0 Å². The molecule has 15 heavy (non-hydrogen) atoms. The van der Waals surface area contributed by atoms with Gasteiger partial charge in [-0.15, -0.1) is 0 Å². The topological polar surface area (TPSA) is 12.0 Å². The molecule has 0 heterocycles. The second-order valence-corrected chi connectivity index (χ2v) is 5.23. The van der Waals surface area contributed by atoms with Crippen LogP contribution < -0.4 is 5.32 Å². The molecule has 0 rings (SSSR count). The Kier molecular flexibility index (Phi) is 12.6. The second-order valence-electron chi connectivity index (χ2n) is 4.46. The second kappa shape index (κ2) is 12.4. The van der Waals surface area contributed by atoms with Crippen molar-refractivity contribution in [3.8, 4) is 0 Å². The molecule has 0 saturated heterocycles. The maximum atomic E-state index is 4.28. The highest BCUT2D eigenvalue weighted by molar-refractivity contribution is 7.80. The van der Waals surface area contributed by atoms with Crippen LogP contribution in [0, 0.1) is 0 Å². The fraction of sp³-hybridized carbons (Fsp3) is 1.00. The summed E-state index contributed by atoms with van der Waals surface area (Å²) >= 11 is 4.28. The van der Waals surface area contributed by atoms with Crippen LogP contribution in [0.5, 0.6) is 0 Å². The van der Waals surface area contributed by atoms with Gasteiger partial charge in [0.2, 0.25) is 0 Å². The fourth-order valence-corrected chi connectivity index (χ4v) is 1.88. The maximum absolute atomic E-state index is 4.28. The minimum Gasteiger partial charge on any atom is -0.306 e. The van der Waals surface area contributed by atoms with Gasteiger partial charge in [-0.05, 0) is 19.9 Å². The monoisotopic (exact) mass is 231 g/mol. The number of hydrogen-bond acceptors (Lipinski definition) is 2. The van der Waals surface area contributed by atoms with Gasteiger partial charge >= 0.3 is 0 Å². The van der Waals surface area contributed by atoms with Crippen LogP contribution in [0.4, 0.5) is 0 Å². The van der Waals surface area contributed by atoms with E-state index in [1.807, 2.05) is 0 Å². The van der Waals surface area contributed by atoms with E-state index in [0.717, 1.165) is 6.54 Å². The largest absolute Gasteiger partial charge is 0.306 e. The molecule has 1 atom stereocenters. The molecule has 0 bridgehead atoms. The molecule has 0 aromatic rings. The van der Waals surface area contributed by atoms with Crippen LogP contribution in [0.15, 0.2) is 0 Å². The number of nitrogens with one attached hydrogen (secondary N) is 1. The van der Waals surface area contributed by atoms with Gasteiger partial charge in [-0.2, -0.15) is 12.6 Å². The van der Waals surface area contributed by atoms with E-state index in [-0.39, 0.29) is 0 Å². The molecular formula is C13H29NS. The lowest BCUT2D eigenvalue weighted by Gasteiger charge is -2.06. The van der Waals surface area contributed by atoms with E-state index in [9.17, 15) is 0 Å². The zero-order valence-electron chi connectivity index (χ0n) is 10.6. The summed E-state index contributed by atoms with van der Waals surface area (Å²) in [7, 11) is 0. The van der Waals surface area contributed by atoms with Gasteiger partial charge in [-0.25, -0.2) is 0 Å². The normalized spacial score (nSPS) is 13.0. The summed E-state index contributed by atoms with van der Waals surface area (Å²) in [6, 6.07) is 0. The molecule has 1 N–H and O–H groups in total. The first-order chi connectivity index (χ1) is 7.27. The van der Waals surface area contributed by atoms with Gasteiger partial charge in [0.15, 0.2) is 0 Å². The standard InChI is InChI=1S/C13H29NS/c1-3-4-5-6-7-8-9-10-11-12-14-13(2)15/h13-15H,3-12H2,1-2H3. The summed E-state index contributed by atoms with van der Waals surface area (Å²) in [5.74, 6) is 0. The van der Waals surface area contributed by atoms with Crippen LogP contribution in [0.3, 0.4) is 0 Å². The van der Waals surface area contributed by atoms with E-state index in [4.69, 9.17) is 0 Å². The van der Waals surface area contributed by atoms with Crippen molar-refractivity contribution in [2.24, 2.45) is 0 Å². The van der Waals surface area contributed by atoms with Crippen molar-refractivity contribution >= 4 is 12.6 Å². The summed E-state index contributed by atoms with van der Waals surface area (Å²) < 4.78 is 0. The number of rotatable bonds is 11. The van der Waals surface area contributed by atoms with Crippen molar-refractivity contribution in [3.63, 3.8) is 0 Å². The molecule has 1 unspecified atom stereocenters. The Morgan fingerprint density at radius 2 is 1.33 bits per heavy atom. The molecule has 1 nitrogen and oxygen atoms in total. The smallest absolute Gasteiger partial charge is 0.0473 e. The minimum absolute atomic E-state index is 0.346. The zero-order valence-corrected chi connectivity index (χ0v) is 11.5. The van der Waals surface area contributed by atoms with Gasteiger partial charge in [-0.3, -0.25) is 0 Å². The molecule has 0 aliphatic rings. The Morgan fingerprint density at radius 1 is 0.867 bits per heavy atom. The predicted octanol–water partition coefficient (Wildman–Crippen LogP) is 4.38. The first-order valence-corrected chi connectivity index (χ1v) is 7.20. The molecule has 92 valence electrons. The Labute approximate surface area is 102 Å². The molecule has 0 aromatic carbocycles. The highest BCUT2D eigenvalue weighted by atomic mass is 32.1. The lowest BCUT2D eigenvalue weighted by Crippen LogP contribution is -2.21. The average molecular weight is 231 g/mol. The molecule has 0 aliphatic carbocycles. The first kappa shape index (κ1) is 15.3. The van der Waals surface area contributed by atoms with Crippen molar-refractivity contribution in [1.82, 2.24) is 5.32 Å². The van der Waals surface area contributed by atoms with E-state index in [2.05, 4.69) is 31.8 Å². The van der Waals surface area contributed by atoms with Gasteiger partial charge in [0.1, 0.15) is 0 Å². The van der Waals surface area contributed by atoms with Crippen LogP contribution in [-0.2, 0) is 0 Å². The number of unbranched alkanes of at least 4 members (excludes halogenated alkanes) is 8. The summed E-state index contributed by atoms with van der Waals surface area (Å²) in [4.78, 5) is 0. The van der Waals surface area contributed by atoms with Gasteiger partial charge in [0, 0.05) is 5.37 Å². The number of thiol groups is 1. The maximum Gasteiger partial charge on any atom is 0.0473 e. The van der Waals surface area contributed by atoms with Crippen molar-refractivity contribution in [1.29, 1.82) is 0 Å². The highest BCUT2D eigenvalue weighted by Gasteiger charge is 1.93. The van der Waals surface area contributed by atoms with E-state index >= 15 is 0 Å². The summed E-state index contributed by atoms with van der Waals surface area (Å²) in [6.45, 7) is 5.48. The molecule has 0 spiro atoms. The van der Waals surface area contributed by atoms with E-state index in [1.54, 1.807) is 0 Å². The fourth-order valence-electron chi connectivity index (χ4n) is 1.75. The number of hydrogen-bond donors (Lipinski definition) is 2. The Balaban J connectivity index is 2.87. The summed E-state index contributed by atoms with van der Waals surface area (Å²) in [5, 5.41) is 3.67. The Hall–Kier alpha value is 0.310. The molecule has 0 saturated carbocycles. The van der Waals surface area contributed by atoms with Crippen LogP contribution in [0.25, 0.3) is 0 Å². The summed E-state index contributed by atoms with van der Waals surface area (Å²) in [5.41, 5.74) is 0. The SMILES string of the molecule is CCCCCCCCCCCNC(C)S. The lowest BCUT2D eigenvalue weighted by molar-refractivity contribution is 0.549. The van der Waals surface area contributed by atoms with E-state index in [1.165, 1.54) is 57.8 Å². The van der Waals surface area contributed by atoms with Crippen molar-refractivity contribution in [2.45, 2.75) is 77.0 Å². The molecular weight excluding hydrogens is 202 g/mol. The third-order valence-corrected chi connectivity index (χ3v) is 2.90. The molecule has 0 aromatic heterocycles. The van der Waals surface area contributed by atoms with Gasteiger partial charge < -0.3 is 5.32 Å². The third-order valence-electron chi connectivity index (χ3n) is 2.72. The van der Waals surface area contributed by atoms with Crippen molar-refractivity contribution in [3.05, 3.63) is 0 Å². The van der Waals surface area contributed by atoms with Crippen LogP contribution in [-0.4, -0.2) is 11.9 Å². The van der Waals surface area contributed by atoms with Crippen molar-refractivity contribution in [2.75, 3.05) is 6.54 Å². The average Bonchev–Trinajstić information content (AvgIpc) is 2.20. The molecule has 0 amide bonds. The van der Waals surface area contributed by atoms with Crippen molar-refractivity contribution < 1.29 is 0 Å². The quantitative estimate of drug-likeness (QED) is 0.305. The predicted molar refractivity (Wildman–Crippen MR) is 73.7 cm³/mol. The lowest BCUT2D eigenvalue weighted by atomic mass is 10.1. The summed E-state index contributed by atoms with van der Waals surface area (Å²) in [6.07, 6.45) is 12.6. The van der Waals surface area contributed by atoms with Crippen LogP contribution in [0.2, 0.25) is 0 Å². The highest BCUT2D eigenvalue weighted by Crippen LogP contribution is 2.09. The molecule has 0 aliphatic heterocycles. The van der Waals surface area contributed by atoms with E-state index < -0.39 is 0 Å². The van der Waals surface area contributed by atoms with Crippen LogP contribution in [0.1, 0.15) is 71.6 Å². The zero-order chi connectivity index (χ0) is 11.4. The third kappa shape index (κ3) is 14.3. The molecule has 0 fully saturated rings. The molecule has 2 heteroatoms. The van der Waals surface area contributed by atoms with E-state index in [0.29, 0.717) is 5.37 Å². The van der Waals surface area contributed by atoms with Gasteiger partial charge in [-0.1, -0.05) is 58.3 Å².